The number of aromatic nitrogens is 1. The Morgan fingerprint density at radius 1 is 1.15 bits per heavy atom. The van der Waals surface area contributed by atoms with Gasteiger partial charge in [0.2, 0.25) is 5.96 Å². The van der Waals surface area contributed by atoms with Crippen molar-refractivity contribution in [1.82, 2.24) is 15.2 Å². The highest BCUT2D eigenvalue weighted by molar-refractivity contribution is 6.02. The molecule has 0 spiro atoms. The molecular formula is C25H32FN5O3. The number of guanidine groups is 1. The molecular weight excluding hydrogens is 437 g/mol. The van der Waals surface area contributed by atoms with Crippen LogP contribution < -0.4 is 10.6 Å². The topological polar surface area (TPSA) is 95.9 Å². The van der Waals surface area contributed by atoms with Gasteiger partial charge in [0, 0.05) is 19.8 Å². The highest BCUT2D eigenvalue weighted by Gasteiger charge is 2.31. The Morgan fingerprint density at radius 3 is 2.44 bits per heavy atom. The number of carbonyl (C=O) groups is 2. The number of nitrogens with zero attached hydrogens (tertiary/aromatic N) is 3. The van der Waals surface area contributed by atoms with Crippen molar-refractivity contribution < 1.29 is 18.7 Å². The summed E-state index contributed by atoms with van der Waals surface area (Å²) in [4.78, 5) is 35.5. The van der Waals surface area contributed by atoms with Crippen molar-refractivity contribution in [2.75, 3.05) is 18.9 Å². The maximum absolute atomic E-state index is 13.4. The van der Waals surface area contributed by atoms with Gasteiger partial charge in [0.25, 0.3) is 5.91 Å². The number of piperidine rings is 1. The minimum atomic E-state index is -0.640. The van der Waals surface area contributed by atoms with E-state index in [9.17, 15) is 14.0 Å². The highest BCUT2D eigenvalue weighted by Crippen LogP contribution is 2.34. The number of hydrogen-bond donors (Lipinski definition) is 2. The van der Waals surface area contributed by atoms with Gasteiger partial charge in [-0.2, -0.15) is 0 Å². The van der Waals surface area contributed by atoms with Gasteiger partial charge < -0.3 is 15.0 Å². The number of carbonyl (C=O) groups excluding carboxylic acids is 2. The van der Waals surface area contributed by atoms with Gasteiger partial charge >= 0.3 is 6.09 Å². The van der Waals surface area contributed by atoms with E-state index in [1.165, 1.54) is 25.4 Å². The van der Waals surface area contributed by atoms with Gasteiger partial charge in [0.05, 0.1) is 11.6 Å². The highest BCUT2D eigenvalue weighted by atomic mass is 19.1. The predicted molar refractivity (Wildman–Crippen MR) is 129 cm³/mol. The van der Waals surface area contributed by atoms with E-state index < -0.39 is 11.7 Å². The third-order valence-corrected chi connectivity index (χ3v) is 5.43. The maximum Gasteiger partial charge on any atom is 0.414 e. The molecule has 1 saturated heterocycles. The largest absolute Gasteiger partial charge is 0.444 e. The molecule has 1 fully saturated rings. The number of rotatable bonds is 3. The number of amides is 2. The first-order chi connectivity index (χ1) is 16.1. The van der Waals surface area contributed by atoms with E-state index in [4.69, 9.17) is 4.74 Å². The van der Waals surface area contributed by atoms with E-state index in [-0.39, 0.29) is 23.7 Å². The molecule has 9 heteroatoms. The van der Waals surface area contributed by atoms with Gasteiger partial charge in [-0.1, -0.05) is 19.1 Å². The number of halogens is 1. The Hall–Kier alpha value is -3.49. The van der Waals surface area contributed by atoms with Crippen LogP contribution in [0.3, 0.4) is 0 Å². The molecule has 0 radical (unpaired) electrons. The van der Waals surface area contributed by atoms with E-state index in [0.29, 0.717) is 23.8 Å². The van der Waals surface area contributed by atoms with Crippen molar-refractivity contribution in [1.29, 1.82) is 0 Å². The van der Waals surface area contributed by atoms with E-state index in [2.05, 4.69) is 27.5 Å². The minimum Gasteiger partial charge on any atom is -0.444 e. The first kappa shape index (κ1) is 25.1. The molecule has 0 aliphatic carbocycles. The second-order valence-corrected chi connectivity index (χ2v) is 9.46. The Bertz CT molecular complexity index is 1030. The summed E-state index contributed by atoms with van der Waals surface area (Å²) in [7, 11) is 1.52. The number of ether oxygens (including phenoxy) is 1. The van der Waals surface area contributed by atoms with Gasteiger partial charge in [0.1, 0.15) is 17.2 Å². The molecule has 2 N–H and O–H groups in total. The third-order valence-electron chi connectivity index (χ3n) is 5.43. The minimum absolute atomic E-state index is 0.112. The Labute approximate surface area is 199 Å². The fourth-order valence-corrected chi connectivity index (χ4v) is 3.83. The van der Waals surface area contributed by atoms with Gasteiger partial charge in [0.15, 0.2) is 0 Å². The third kappa shape index (κ3) is 6.76. The first-order valence-corrected chi connectivity index (χ1v) is 11.3. The van der Waals surface area contributed by atoms with Crippen LogP contribution in [-0.2, 0) is 4.74 Å². The number of benzene rings is 1. The summed E-state index contributed by atoms with van der Waals surface area (Å²) in [6.07, 6.45) is 2.67. The average Bonchev–Trinajstić information content (AvgIpc) is 2.78. The summed E-state index contributed by atoms with van der Waals surface area (Å²) in [6, 6.07) is 9.55. The van der Waals surface area contributed by atoms with Crippen LogP contribution in [-0.4, -0.2) is 47.0 Å². The molecule has 1 aliphatic heterocycles. The lowest BCUT2D eigenvalue weighted by atomic mass is 9.89. The molecule has 0 saturated carbocycles. The van der Waals surface area contributed by atoms with E-state index in [1.807, 2.05) is 4.90 Å². The summed E-state index contributed by atoms with van der Waals surface area (Å²) < 4.78 is 18.6. The summed E-state index contributed by atoms with van der Waals surface area (Å²) in [5.41, 5.74) is 0.729. The lowest BCUT2D eigenvalue weighted by molar-refractivity contribution is 0.0541. The van der Waals surface area contributed by atoms with Crippen LogP contribution in [0.25, 0.3) is 0 Å². The van der Waals surface area contributed by atoms with Crippen LogP contribution in [0, 0.1) is 11.7 Å². The molecule has 1 aromatic heterocycles. The zero-order valence-corrected chi connectivity index (χ0v) is 20.3. The Kier molecular flexibility index (Phi) is 7.86. The molecule has 0 bridgehead atoms. The first-order valence-electron chi connectivity index (χ1n) is 11.3. The second-order valence-electron chi connectivity index (χ2n) is 9.46. The van der Waals surface area contributed by atoms with E-state index in [0.717, 1.165) is 18.4 Å². The maximum atomic E-state index is 13.4. The fourth-order valence-electron chi connectivity index (χ4n) is 3.83. The SMILES string of the molecule is CN=C(NC(=O)OC(C)(C)C)Nc1ccc(C(=O)N2C[C@@H](C)CC[C@@H]2c2ccc(F)cc2)cn1. The standard InChI is InChI=1S/C25H32FN5O3/c1-16-6-12-20(17-7-10-19(26)11-8-17)31(15-16)22(32)18-9-13-21(28-14-18)29-23(27-5)30-24(33)34-25(2,3)4/h7-11,13-14,16,20H,6,12,15H2,1-5H3,(H2,27,28,29,30,33)/t16-,20+/m0/s1. The number of anilines is 1. The van der Waals surface area contributed by atoms with Crippen LogP contribution >= 0.6 is 0 Å². The van der Waals surface area contributed by atoms with E-state index in [1.54, 1.807) is 45.0 Å². The molecule has 2 heterocycles. The Morgan fingerprint density at radius 2 is 1.85 bits per heavy atom. The zero-order valence-electron chi connectivity index (χ0n) is 20.3. The van der Waals surface area contributed by atoms with Gasteiger partial charge in [-0.05, 0) is 69.4 Å². The molecule has 2 atom stereocenters. The number of pyridine rings is 1. The van der Waals surface area contributed by atoms with Crippen LogP contribution in [0.1, 0.15) is 62.5 Å². The summed E-state index contributed by atoms with van der Waals surface area (Å²) in [5, 5.41) is 5.43. The van der Waals surface area contributed by atoms with Crippen LogP contribution in [0.15, 0.2) is 47.6 Å². The molecule has 1 aromatic carbocycles. The smallest absolute Gasteiger partial charge is 0.414 e. The van der Waals surface area contributed by atoms with Crippen molar-refractivity contribution >= 4 is 23.8 Å². The number of alkyl carbamates (subject to hydrolysis) is 1. The van der Waals surface area contributed by atoms with Gasteiger partial charge in [-0.25, -0.2) is 14.2 Å². The number of aliphatic imine (C=N–C) groups is 1. The average molecular weight is 470 g/mol. The second kappa shape index (κ2) is 10.6. The summed E-state index contributed by atoms with van der Waals surface area (Å²) in [6.45, 7) is 8.04. The quantitative estimate of drug-likeness (QED) is 0.499. The fraction of sp³-hybridized carbons (Fsp3) is 0.440. The molecule has 2 aromatic rings. The number of hydrogen-bond acceptors (Lipinski definition) is 5. The summed E-state index contributed by atoms with van der Waals surface area (Å²) >= 11 is 0. The summed E-state index contributed by atoms with van der Waals surface area (Å²) in [5.74, 6) is 0.527. The molecule has 2 amide bonds. The van der Waals surface area contributed by atoms with Crippen molar-refractivity contribution in [3.8, 4) is 0 Å². The van der Waals surface area contributed by atoms with Gasteiger partial charge in [-0.15, -0.1) is 0 Å². The van der Waals surface area contributed by atoms with E-state index >= 15 is 0 Å². The lowest BCUT2D eigenvalue weighted by Gasteiger charge is -2.39. The molecule has 34 heavy (non-hydrogen) atoms. The van der Waals surface area contributed by atoms with Crippen molar-refractivity contribution in [2.24, 2.45) is 10.9 Å². The van der Waals surface area contributed by atoms with Gasteiger partial charge in [-0.3, -0.25) is 15.1 Å². The zero-order chi connectivity index (χ0) is 24.9. The van der Waals surface area contributed by atoms with Crippen LogP contribution in [0.2, 0.25) is 0 Å². The lowest BCUT2D eigenvalue weighted by Crippen LogP contribution is -2.41. The molecule has 182 valence electrons. The molecule has 8 nitrogen and oxygen atoms in total. The number of likely N-dealkylation sites (tertiary alicyclic amines) is 1. The normalized spacial score (nSPS) is 18.9. The molecule has 1 aliphatic rings. The molecule has 3 rings (SSSR count). The van der Waals surface area contributed by atoms with Crippen molar-refractivity contribution in [3.63, 3.8) is 0 Å². The van der Waals surface area contributed by atoms with Crippen LogP contribution in [0.5, 0.6) is 0 Å². The number of nitrogens with one attached hydrogen (secondary N) is 2. The predicted octanol–water partition coefficient (Wildman–Crippen LogP) is 4.76. The van der Waals surface area contributed by atoms with Crippen LogP contribution in [0.4, 0.5) is 15.0 Å². The van der Waals surface area contributed by atoms with Crippen molar-refractivity contribution in [3.05, 3.63) is 59.5 Å². The van der Waals surface area contributed by atoms with Crippen molar-refractivity contribution in [2.45, 2.75) is 52.2 Å². The monoisotopic (exact) mass is 469 g/mol. The molecule has 0 unspecified atom stereocenters. The Balaban J connectivity index is 1.70.